The number of benzene rings is 1. The third kappa shape index (κ3) is 3.94. The molecule has 5 N–H and O–H groups in total. The van der Waals surface area contributed by atoms with Crippen molar-refractivity contribution in [2.45, 2.75) is 11.4 Å². The van der Waals surface area contributed by atoms with Crippen LogP contribution in [0.4, 0.5) is 5.69 Å². The van der Waals surface area contributed by atoms with Gasteiger partial charge >= 0.3 is 0 Å². The van der Waals surface area contributed by atoms with Crippen LogP contribution in [0.3, 0.4) is 0 Å². The van der Waals surface area contributed by atoms with Crippen LogP contribution in [0.15, 0.2) is 41.4 Å². The van der Waals surface area contributed by atoms with Crippen LogP contribution in [0.1, 0.15) is 15.9 Å². The van der Waals surface area contributed by atoms with E-state index in [9.17, 15) is 13.2 Å². The number of carbonyl (C=O) groups excluding carboxylic acids is 1. The summed E-state index contributed by atoms with van der Waals surface area (Å²) < 4.78 is 22.6. The number of sulfonamides is 1. The molecule has 0 aliphatic heterocycles. The highest BCUT2D eigenvalue weighted by molar-refractivity contribution is 7.89. The summed E-state index contributed by atoms with van der Waals surface area (Å²) in [5.74, 6) is -0.648. The Morgan fingerprint density at radius 3 is 2.68 bits per heavy atom. The fourth-order valence-corrected chi connectivity index (χ4v) is 2.54. The number of hydrogen-bond donors (Lipinski definition) is 3. The van der Waals surface area contributed by atoms with Crippen molar-refractivity contribution in [3.63, 3.8) is 0 Å². The second kappa shape index (κ2) is 6.30. The van der Waals surface area contributed by atoms with E-state index in [1.165, 1.54) is 24.4 Å². The van der Waals surface area contributed by atoms with E-state index in [0.717, 1.165) is 0 Å². The number of nitrogens with one attached hydrogen (secondary N) is 1. The van der Waals surface area contributed by atoms with Crippen molar-refractivity contribution in [1.82, 2.24) is 4.98 Å². The molecule has 22 heavy (non-hydrogen) atoms. The standard InChI is InChI=1S/C13H13ClN4O3S/c14-12-5-11(10(7-18-12)13(15)19)17-6-8-2-1-3-9(4-8)22(16,20)21/h1-5,7H,6H2,(H2,15,19)(H,17,18)(H2,16,20,21). The molecule has 2 rings (SSSR count). The van der Waals surface area contributed by atoms with Gasteiger partial charge in [0.25, 0.3) is 5.91 Å². The zero-order chi connectivity index (χ0) is 16.3. The van der Waals surface area contributed by atoms with Gasteiger partial charge in [0.2, 0.25) is 10.0 Å². The van der Waals surface area contributed by atoms with Gasteiger partial charge in [0.1, 0.15) is 5.15 Å². The molecule has 1 aromatic carbocycles. The van der Waals surface area contributed by atoms with Crippen LogP contribution in [0, 0.1) is 0 Å². The van der Waals surface area contributed by atoms with Gasteiger partial charge in [0, 0.05) is 12.7 Å². The molecular weight excluding hydrogens is 328 g/mol. The third-order valence-electron chi connectivity index (χ3n) is 2.85. The molecule has 0 bridgehead atoms. The Labute approximate surface area is 132 Å². The molecule has 0 aliphatic rings. The number of halogens is 1. The maximum Gasteiger partial charge on any atom is 0.252 e. The number of rotatable bonds is 5. The van der Waals surface area contributed by atoms with Gasteiger partial charge in [0.05, 0.1) is 16.1 Å². The minimum atomic E-state index is -3.77. The van der Waals surface area contributed by atoms with E-state index in [-0.39, 0.29) is 22.2 Å². The molecule has 1 heterocycles. The Bertz CT molecular complexity index is 824. The summed E-state index contributed by atoms with van der Waals surface area (Å²) in [7, 11) is -3.77. The average Bonchev–Trinajstić information content (AvgIpc) is 2.44. The number of hydrogen-bond acceptors (Lipinski definition) is 5. The van der Waals surface area contributed by atoms with Gasteiger partial charge in [-0.25, -0.2) is 18.5 Å². The first-order chi connectivity index (χ1) is 10.3. The summed E-state index contributed by atoms with van der Waals surface area (Å²) in [6.45, 7) is 0.254. The Kier molecular flexibility index (Phi) is 4.65. The lowest BCUT2D eigenvalue weighted by molar-refractivity contribution is 0.100. The van der Waals surface area contributed by atoms with Crippen LogP contribution in [0.25, 0.3) is 0 Å². The number of anilines is 1. The summed E-state index contributed by atoms with van der Waals surface area (Å²) in [5.41, 5.74) is 6.52. The largest absolute Gasteiger partial charge is 0.380 e. The molecule has 0 fully saturated rings. The molecule has 116 valence electrons. The van der Waals surface area contributed by atoms with Gasteiger partial charge in [-0.2, -0.15) is 0 Å². The van der Waals surface area contributed by atoms with Crippen molar-refractivity contribution in [3.05, 3.63) is 52.8 Å². The van der Waals surface area contributed by atoms with Crippen molar-refractivity contribution in [2.75, 3.05) is 5.32 Å². The SMILES string of the molecule is NC(=O)c1cnc(Cl)cc1NCc1cccc(S(N)(=O)=O)c1. The first kappa shape index (κ1) is 16.2. The minimum absolute atomic E-state index is 0.00897. The maximum absolute atomic E-state index is 11.3. The van der Waals surface area contributed by atoms with E-state index in [4.69, 9.17) is 22.5 Å². The zero-order valence-electron chi connectivity index (χ0n) is 11.3. The molecule has 0 unspecified atom stereocenters. The van der Waals surface area contributed by atoms with Gasteiger partial charge in [-0.05, 0) is 23.8 Å². The van der Waals surface area contributed by atoms with Crippen LogP contribution in [0.5, 0.6) is 0 Å². The van der Waals surface area contributed by atoms with Crippen molar-refractivity contribution < 1.29 is 13.2 Å². The molecule has 1 aromatic heterocycles. The summed E-state index contributed by atoms with van der Waals surface area (Å²) in [6, 6.07) is 7.59. The first-order valence-corrected chi connectivity index (χ1v) is 8.01. The number of aromatic nitrogens is 1. The number of pyridine rings is 1. The number of nitrogens with two attached hydrogens (primary N) is 2. The number of nitrogens with zero attached hydrogens (tertiary/aromatic N) is 1. The molecule has 7 nitrogen and oxygen atoms in total. The van der Waals surface area contributed by atoms with Crippen LogP contribution in [-0.4, -0.2) is 19.3 Å². The molecular formula is C13H13ClN4O3S. The lowest BCUT2D eigenvalue weighted by atomic mass is 10.2. The van der Waals surface area contributed by atoms with Crippen molar-refractivity contribution in [3.8, 4) is 0 Å². The molecule has 0 saturated carbocycles. The molecule has 0 aliphatic carbocycles. The van der Waals surface area contributed by atoms with Gasteiger partial charge in [-0.15, -0.1) is 0 Å². The van der Waals surface area contributed by atoms with Crippen LogP contribution in [0.2, 0.25) is 5.15 Å². The number of primary sulfonamides is 1. The Hall–Kier alpha value is -2.16. The number of primary amides is 1. The molecule has 1 amide bonds. The molecule has 2 aromatic rings. The smallest absolute Gasteiger partial charge is 0.252 e. The molecule has 0 radical (unpaired) electrons. The molecule has 0 atom stereocenters. The predicted octanol–water partition coefficient (Wildman–Crippen LogP) is 1.09. The zero-order valence-corrected chi connectivity index (χ0v) is 12.9. The Morgan fingerprint density at radius 1 is 1.32 bits per heavy atom. The highest BCUT2D eigenvalue weighted by Gasteiger charge is 2.11. The number of carbonyl (C=O) groups is 1. The Morgan fingerprint density at radius 2 is 2.05 bits per heavy atom. The summed E-state index contributed by atoms with van der Waals surface area (Å²) >= 11 is 5.79. The lowest BCUT2D eigenvalue weighted by Crippen LogP contribution is -2.15. The lowest BCUT2D eigenvalue weighted by Gasteiger charge is -2.11. The van der Waals surface area contributed by atoms with Gasteiger partial charge < -0.3 is 11.1 Å². The quantitative estimate of drug-likeness (QED) is 0.702. The Balaban J connectivity index is 2.24. The van der Waals surface area contributed by atoms with E-state index in [1.807, 2.05) is 0 Å². The van der Waals surface area contributed by atoms with E-state index >= 15 is 0 Å². The average molecular weight is 341 g/mol. The van der Waals surface area contributed by atoms with Crippen LogP contribution < -0.4 is 16.2 Å². The van der Waals surface area contributed by atoms with Crippen molar-refractivity contribution >= 4 is 33.2 Å². The van der Waals surface area contributed by atoms with Gasteiger partial charge in [-0.1, -0.05) is 23.7 Å². The summed E-state index contributed by atoms with van der Waals surface area (Å²) in [4.78, 5) is 15.1. The fraction of sp³-hybridized carbons (Fsp3) is 0.0769. The van der Waals surface area contributed by atoms with Gasteiger partial charge in [-0.3, -0.25) is 4.79 Å². The third-order valence-corrected chi connectivity index (χ3v) is 3.96. The first-order valence-electron chi connectivity index (χ1n) is 6.08. The highest BCUT2D eigenvalue weighted by atomic mass is 35.5. The molecule has 9 heteroatoms. The molecule has 0 spiro atoms. The van der Waals surface area contributed by atoms with E-state index < -0.39 is 15.9 Å². The topological polar surface area (TPSA) is 128 Å². The van der Waals surface area contributed by atoms with E-state index in [2.05, 4.69) is 10.3 Å². The highest BCUT2D eigenvalue weighted by Crippen LogP contribution is 2.19. The second-order valence-electron chi connectivity index (χ2n) is 4.46. The fourth-order valence-electron chi connectivity index (χ4n) is 1.80. The normalized spacial score (nSPS) is 11.2. The van der Waals surface area contributed by atoms with E-state index in [0.29, 0.717) is 11.3 Å². The maximum atomic E-state index is 11.3. The molecule has 0 saturated heterocycles. The summed E-state index contributed by atoms with van der Waals surface area (Å²) in [6.07, 6.45) is 1.27. The second-order valence-corrected chi connectivity index (χ2v) is 6.41. The monoisotopic (exact) mass is 340 g/mol. The van der Waals surface area contributed by atoms with Crippen LogP contribution in [-0.2, 0) is 16.6 Å². The predicted molar refractivity (Wildman–Crippen MR) is 82.9 cm³/mol. The summed E-state index contributed by atoms with van der Waals surface area (Å²) in [5, 5.41) is 8.25. The van der Waals surface area contributed by atoms with E-state index in [1.54, 1.807) is 12.1 Å². The van der Waals surface area contributed by atoms with Crippen LogP contribution >= 0.6 is 11.6 Å². The number of amides is 1. The van der Waals surface area contributed by atoms with Crippen molar-refractivity contribution in [2.24, 2.45) is 10.9 Å². The van der Waals surface area contributed by atoms with Gasteiger partial charge in [0.15, 0.2) is 0 Å². The minimum Gasteiger partial charge on any atom is -0.380 e. The van der Waals surface area contributed by atoms with Crippen molar-refractivity contribution in [1.29, 1.82) is 0 Å².